The van der Waals surface area contributed by atoms with Crippen molar-refractivity contribution in [1.29, 1.82) is 0 Å². The molecule has 9 aliphatic carbocycles. The fraction of sp³-hybridized carbons (Fsp3) is 1.00. The lowest BCUT2D eigenvalue weighted by atomic mass is 9.80. The Kier molecular flexibility index (Phi) is 13.8. The Morgan fingerprint density at radius 2 is 0.375 bits per heavy atom. The van der Waals surface area contributed by atoms with E-state index in [2.05, 4.69) is 6.92 Å². The number of hydrogen-bond donors (Lipinski definition) is 5. The highest BCUT2D eigenvalue weighted by Gasteiger charge is 2.69. The summed E-state index contributed by atoms with van der Waals surface area (Å²) in [5.41, 5.74) is 0. The molecule has 6 saturated heterocycles. The molecule has 72 heavy (non-hydrogen) atoms. The third-order valence-corrected chi connectivity index (χ3v) is 20.3. The Labute approximate surface area is 425 Å². The van der Waals surface area contributed by atoms with Gasteiger partial charge in [0.25, 0.3) is 0 Å². The van der Waals surface area contributed by atoms with E-state index in [1.54, 1.807) is 0 Å². The largest absolute Gasteiger partial charge is 0.390 e. The van der Waals surface area contributed by atoms with Crippen LogP contribution in [0.3, 0.4) is 0 Å². The molecule has 6 spiro atoms. The maximum absolute atomic E-state index is 10.9. The van der Waals surface area contributed by atoms with E-state index in [4.69, 9.17) is 56.8 Å². The lowest BCUT2D eigenvalue weighted by molar-refractivity contribution is -0.224. The first-order valence-electron chi connectivity index (χ1n) is 29.4. The molecule has 5 N–H and O–H groups in total. The van der Waals surface area contributed by atoms with Gasteiger partial charge in [-0.2, -0.15) is 0 Å². The zero-order valence-corrected chi connectivity index (χ0v) is 42.7. The van der Waals surface area contributed by atoms with E-state index in [0.29, 0.717) is 0 Å². The highest BCUT2D eigenvalue weighted by atomic mass is 16.8. The molecule has 15 rings (SSSR count). The Morgan fingerprint density at radius 1 is 0.208 bits per heavy atom. The van der Waals surface area contributed by atoms with Gasteiger partial charge in [0.2, 0.25) is 0 Å². The van der Waals surface area contributed by atoms with Crippen LogP contribution >= 0.6 is 0 Å². The van der Waals surface area contributed by atoms with Crippen molar-refractivity contribution in [3.8, 4) is 0 Å². The van der Waals surface area contributed by atoms with Gasteiger partial charge in [-0.15, -0.1) is 0 Å². The van der Waals surface area contributed by atoms with E-state index in [-0.39, 0.29) is 42.5 Å². The molecular weight excluding hydrogens is 933 g/mol. The lowest BCUT2D eigenvalue weighted by Gasteiger charge is -2.39. The highest BCUT2D eigenvalue weighted by Crippen LogP contribution is 2.55. The number of rotatable bonds is 0. The van der Waals surface area contributed by atoms with Gasteiger partial charge < -0.3 is 82.4 Å². The van der Waals surface area contributed by atoms with Crippen LogP contribution in [-0.2, 0) is 56.8 Å². The second-order valence-electron chi connectivity index (χ2n) is 25.1. The summed E-state index contributed by atoms with van der Waals surface area (Å²) in [7, 11) is 0. The summed E-state index contributed by atoms with van der Waals surface area (Å²) in [5.74, 6) is -3.38. The van der Waals surface area contributed by atoms with Crippen molar-refractivity contribution < 1.29 is 82.4 Å². The van der Waals surface area contributed by atoms with Gasteiger partial charge in [-0.05, 0) is 77.0 Å². The average Bonchev–Trinajstić information content (AvgIpc) is 4.27. The molecule has 0 radical (unpaired) electrons. The average molecular weight is 1020 g/mol. The van der Waals surface area contributed by atoms with Crippen LogP contribution in [0.15, 0.2) is 0 Å². The number of aliphatic hydroxyl groups is 5. The summed E-state index contributed by atoms with van der Waals surface area (Å²) in [6, 6.07) is 0. The molecule has 6 heterocycles. The van der Waals surface area contributed by atoms with E-state index < -0.39 is 102 Å². The zero-order valence-electron chi connectivity index (χ0n) is 42.7. The van der Waals surface area contributed by atoms with Crippen LogP contribution in [0, 0.1) is 5.92 Å². The van der Waals surface area contributed by atoms with Gasteiger partial charge in [0.1, 0.15) is 91.6 Å². The molecule has 0 amide bonds. The highest BCUT2D eigenvalue weighted by molar-refractivity contribution is 5.12. The molecule has 408 valence electrons. The van der Waals surface area contributed by atoms with Gasteiger partial charge >= 0.3 is 0 Å². The summed E-state index contributed by atoms with van der Waals surface area (Å²) in [5, 5.41) is 53.8. The van der Waals surface area contributed by atoms with E-state index in [1.165, 1.54) is 38.5 Å². The van der Waals surface area contributed by atoms with Crippen molar-refractivity contribution in [3.63, 3.8) is 0 Å². The van der Waals surface area contributed by atoms with Crippen molar-refractivity contribution >= 4 is 0 Å². The quantitative estimate of drug-likeness (QED) is 0.185. The van der Waals surface area contributed by atoms with Crippen LogP contribution in [0.4, 0.5) is 0 Å². The molecule has 18 atom stereocenters. The number of aliphatic hydroxyl groups excluding tert-OH is 5. The van der Waals surface area contributed by atoms with Gasteiger partial charge in [-0.3, -0.25) is 0 Å². The van der Waals surface area contributed by atoms with Crippen molar-refractivity contribution in [2.45, 2.75) is 338 Å². The predicted molar refractivity (Wildman–Crippen MR) is 253 cm³/mol. The molecule has 17 heteroatoms. The van der Waals surface area contributed by atoms with Crippen LogP contribution in [0.2, 0.25) is 0 Å². The van der Waals surface area contributed by atoms with Crippen LogP contribution < -0.4 is 0 Å². The molecule has 15 aliphatic rings. The summed E-state index contributed by atoms with van der Waals surface area (Å²) in [4.78, 5) is 0. The van der Waals surface area contributed by atoms with Gasteiger partial charge in [0.05, 0.1) is 12.2 Å². The Morgan fingerprint density at radius 3 is 0.611 bits per heavy atom. The molecular formula is C55H86O17. The third-order valence-electron chi connectivity index (χ3n) is 20.3. The first-order chi connectivity index (χ1) is 34.8. The van der Waals surface area contributed by atoms with Gasteiger partial charge in [0, 0.05) is 83.0 Å². The van der Waals surface area contributed by atoms with Crippen molar-refractivity contribution in [2.75, 3.05) is 0 Å². The molecule has 17 nitrogen and oxygen atoms in total. The maximum atomic E-state index is 10.9. The molecule has 0 bridgehead atoms. The predicted octanol–water partition coefficient (Wildman–Crippen LogP) is 6.11. The normalized spacial score (nSPS) is 49.2. The maximum Gasteiger partial charge on any atom is 0.169 e. The van der Waals surface area contributed by atoms with Gasteiger partial charge in [-0.25, -0.2) is 0 Å². The number of fused-ring (bicyclic) bond motifs is 8. The van der Waals surface area contributed by atoms with Crippen LogP contribution in [0.1, 0.15) is 200 Å². The third kappa shape index (κ3) is 8.84. The van der Waals surface area contributed by atoms with Gasteiger partial charge in [0.15, 0.2) is 34.7 Å². The number of ether oxygens (including phenoxy) is 12. The van der Waals surface area contributed by atoms with E-state index in [1.807, 2.05) is 0 Å². The van der Waals surface area contributed by atoms with E-state index in [9.17, 15) is 25.5 Å². The zero-order chi connectivity index (χ0) is 49.1. The summed E-state index contributed by atoms with van der Waals surface area (Å²) in [6.07, 6.45) is 22.3. The summed E-state index contributed by atoms with van der Waals surface area (Å²) in [6.45, 7) is 2.07. The van der Waals surface area contributed by atoms with Crippen molar-refractivity contribution in [2.24, 2.45) is 5.92 Å². The fourth-order valence-electron chi connectivity index (χ4n) is 16.4. The topological polar surface area (TPSA) is 212 Å². The van der Waals surface area contributed by atoms with Crippen LogP contribution in [-0.4, -0.2) is 164 Å². The van der Waals surface area contributed by atoms with Crippen molar-refractivity contribution in [1.82, 2.24) is 0 Å². The molecule has 6 aliphatic heterocycles. The monoisotopic (exact) mass is 1020 g/mol. The molecule has 2 unspecified atom stereocenters. The molecule has 0 aromatic heterocycles. The van der Waals surface area contributed by atoms with Crippen molar-refractivity contribution in [3.05, 3.63) is 0 Å². The Hall–Kier alpha value is -0.680. The minimum atomic E-state index is -0.986. The minimum absolute atomic E-state index is 0.0138. The Bertz CT molecular complexity index is 1620. The molecule has 15 fully saturated rings. The van der Waals surface area contributed by atoms with Gasteiger partial charge in [-0.1, -0.05) is 45.4 Å². The first-order valence-corrected chi connectivity index (χ1v) is 29.4. The summed E-state index contributed by atoms with van der Waals surface area (Å²) < 4.78 is 75.7. The smallest absolute Gasteiger partial charge is 0.169 e. The minimum Gasteiger partial charge on any atom is -0.390 e. The van der Waals surface area contributed by atoms with E-state index >= 15 is 0 Å². The second kappa shape index (κ2) is 19.6. The number of hydrogen-bond acceptors (Lipinski definition) is 17. The van der Waals surface area contributed by atoms with Crippen LogP contribution in [0.25, 0.3) is 0 Å². The van der Waals surface area contributed by atoms with Crippen LogP contribution in [0.5, 0.6) is 0 Å². The SMILES string of the molecule is C[C@H]1[C@H](O)[C@@H]2OC3(CCCCC3)O[C@@H]2[C@H]2OC3(CCCCC3)O[C@H]12.OC1[C@H]2OC3(CCCCC3)O[C@H]2C(O)[C@@H]2OC3(CCCCC3)O[C@@H]12.O[C@H]1[C@H](O)[C@H]2OC3(CCCCC3)O[C@H]2[C@H]2OC3(CCCCC3)O[C@H]12. The molecule has 9 saturated carbocycles. The first kappa shape index (κ1) is 50.8. The Balaban J connectivity index is 0.000000105. The van der Waals surface area contributed by atoms with E-state index in [0.717, 1.165) is 154 Å². The lowest BCUT2D eigenvalue weighted by Crippen LogP contribution is -2.61. The fourth-order valence-corrected chi connectivity index (χ4v) is 16.4. The summed E-state index contributed by atoms with van der Waals surface area (Å²) >= 11 is 0. The molecule has 0 aromatic carbocycles. The standard InChI is InChI=1S/C19H30O5.2C18H28O6/c1-12-13(20)15-17(24-19(22-15)10-6-3-7-11-19)16-14(12)21-18(23-16)8-4-2-5-9-18;19-11-13-14(22-17(21-13)7-3-1-4-8-17)12(20)16-15(11)23-18(24-16)9-5-2-6-10-18;19-11-12(20)14-16(24-18(22-14)9-5-2-6-10-18)15-13(11)21-17(23-15)7-3-1-4-8-17/h12-17,20H,2-11H2,1H3;2*11-16,19-20H,1-10H2/t12-,13-,14+,15-,16-,17-;11?,12?,13-,14-,15-,16+;11-,12-,13+,14+,15-,16+/m000/s1. The molecule has 0 aromatic rings. The second-order valence-corrected chi connectivity index (χ2v) is 25.1.